The van der Waals surface area contributed by atoms with Crippen molar-refractivity contribution in [1.29, 1.82) is 0 Å². The number of hydrogen-bond acceptors (Lipinski definition) is 8. The average Bonchev–Trinajstić information content (AvgIpc) is 3.29. The van der Waals surface area contributed by atoms with E-state index in [9.17, 15) is 19.5 Å². The van der Waals surface area contributed by atoms with Crippen LogP contribution in [0, 0.1) is 0 Å². The SMILES string of the molecule is CC/C=C\C/C=C\C/C=C\C/C=C\C/C=C\C/C=C\CCCCC(=O)OCC(COC(OCC[N+](C)(C)C)C(=O)[O-])OC(=O)CCCC/C=C\C/C=C\C/C=C\C/C=C\C/C=C\C/C=C\CC. The molecule has 9 heteroatoms. The van der Waals surface area contributed by atoms with E-state index in [1.54, 1.807) is 0 Å². The van der Waals surface area contributed by atoms with E-state index >= 15 is 0 Å². The van der Waals surface area contributed by atoms with Gasteiger partial charge in [-0.3, -0.25) is 9.59 Å². The van der Waals surface area contributed by atoms with Crippen LogP contribution < -0.4 is 5.11 Å². The summed E-state index contributed by atoms with van der Waals surface area (Å²) in [4.78, 5) is 37.1. The largest absolute Gasteiger partial charge is 0.545 e. The van der Waals surface area contributed by atoms with E-state index in [1.165, 1.54) is 0 Å². The number of quaternary nitrogens is 1. The molecule has 0 aromatic carbocycles. The van der Waals surface area contributed by atoms with Crippen LogP contribution in [0.2, 0.25) is 0 Å². The molecule has 0 aliphatic heterocycles. The number of aliphatic carboxylic acids is 1. The van der Waals surface area contributed by atoms with Crippen molar-refractivity contribution >= 4 is 17.9 Å². The molecule has 0 aromatic heterocycles. The molecule has 0 N–H and O–H groups in total. The fourth-order valence-electron chi connectivity index (χ4n) is 5.77. The van der Waals surface area contributed by atoms with Crippen molar-refractivity contribution in [2.75, 3.05) is 47.5 Å². The van der Waals surface area contributed by atoms with Crippen molar-refractivity contribution in [3.05, 3.63) is 146 Å². The minimum atomic E-state index is -1.65. The third-order valence-electron chi connectivity index (χ3n) is 9.58. The van der Waals surface area contributed by atoms with E-state index < -0.39 is 30.3 Å². The van der Waals surface area contributed by atoms with Crippen molar-refractivity contribution in [3.8, 4) is 0 Å². The first-order valence-corrected chi connectivity index (χ1v) is 25.0. The van der Waals surface area contributed by atoms with Crippen LogP contribution in [0.15, 0.2) is 146 Å². The fraction of sp³-hybridized carbons (Fsp3) is 0.534. The van der Waals surface area contributed by atoms with Crippen LogP contribution in [0.4, 0.5) is 0 Å². The molecule has 0 aliphatic carbocycles. The third-order valence-corrected chi connectivity index (χ3v) is 9.58. The molecule has 2 unspecified atom stereocenters. The van der Waals surface area contributed by atoms with E-state index in [2.05, 4.69) is 160 Å². The van der Waals surface area contributed by atoms with Crippen molar-refractivity contribution in [3.63, 3.8) is 0 Å². The van der Waals surface area contributed by atoms with Crippen LogP contribution in [0.1, 0.15) is 142 Å². The van der Waals surface area contributed by atoms with Crippen LogP contribution >= 0.6 is 0 Å². The number of carbonyl (C=O) groups is 3. The van der Waals surface area contributed by atoms with Gasteiger partial charge in [0.2, 0.25) is 0 Å². The maximum absolute atomic E-state index is 12.8. The Morgan fingerprint density at radius 3 is 1.13 bits per heavy atom. The van der Waals surface area contributed by atoms with Gasteiger partial charge in [-0.1, -0.05) is 160 Å². The molecule has 0 fully saturated rings. The molecule has 2 atom stereocenters. The summed E-state index contributed by atoms with van der Waals surface area (Å²) >= 11 is 0. The molecule has 67 heavy (non-hydrogen) atoms. The Kier molecular flexibility index (Phi) is 44.2. The molecule has 0 amide bonds. The monoisotopic (exact) mass is 928 g/mol. The summed E-state index contributed by atoms with van der Waals surface area (Å²) in [6.45, 7) is 4.37. The van der Waals surface area contributed by atoms with Gasteiger partial charge in [0.15, 0.2) is 12.4 Å². The predicted molar refractivity (Wildman–Crippen MR) is 278 cm³/mol. The number of carbonyl (C=O) groups excluding carboxylic acids is 3. The van der Waals surface area contributed by atoms with Crippen molar-refractivity contribution in [1.82, 2.24) is 0 Å². The van der Waals surface area contributed by atoms with Crippen LogP contribution in [0.5, 0.6) is 0 Å². The van der Waals surface area contributed by atoms with Gasteiger partial charge in [-0.05, 0) is 116 Å². The van der Waals surface area contributed by atoms with E-state index in [-0.39, 0.29) is 32.7 Å². The van der Waals surface area contributed by atoms with Gasteiger partial charge in [0, 0.05) is 12.8 Å². The Labute approximate surface area is 407 Å². The molecule has 0 heterocycles. The lowest BCUT2D eigenvalue weighted by molar-refractivity contribution is -0.870. The Hall–Kier alpha value is -4.83. The number of unbranched alkanes of at least 4 members (excludes halogenated alkanes) is 4. The maximum atomic E-state index is 12.8. The zero-order valence-corrected chi connectivity index (χ0v) is 42.2. The van der Waals surface area contributed by atoms with E-state index in [4.69, 9.17) is 18.9 Å². The highest BCUT2D eigenvalue weighted by atomic mass is 16.7. The minimum absolute atomic E-state index is 0.122. The van der Waals surface area contributed by atoms with Gasteiger partial charge in [0.05, 0.1) is 40.3 Å². The zero-order valence-electron chi connectivity index (χ0n) is 42.2. The Morgan fingerprint density at radius 2 is 0.791 bits per heavy atom. The number of hydrogen-bond donors (Lipinski definition) is 0. The lowest BCUT2D eigenvalue weighted by atomic mass is 10.1. The van der Waals surface area contributed by atoms with Gasteiger partial charge in [0.25, 0.3) is 0 Å². The van der Waals surface area contributed by atoms with Gasteiger partial charge >= 0.3 is 11.9 Å². The van der Waals surface area contributed by atoms with Crippen molar-refractivity contribution in [2.45, 2.75) is 155 Å². The lowest BCUT2D eigenvalue weighted by Crippen LogP contribution is -2.44. The topological polar surface area (TPSA) is 111 Å². The molecule has 0 spiro atoms. The number of carboxylic acids is 1. The maximum Gasteiger partial charge on any atom is 0.306 e. The summed E-state index contributed by atoms with van der Waals surface area (Å²) in [5.41, 5.74) is 0. The molecule has 0 saturated carbocycles. The van der Waals surface area contributed by atoms with E-state index in [0.717, 1.165) is 103 Å². The molecule has 374 valence electrons. The molecular weight excluding hydrogens is 839 g/mol. The number of carboxylic acid groups (broad SMARTS) is 1. The highest BCUT2D eigenvalue weighted by Gasteiger charge is 2.21. The van der Waals surface area contributed by atoms with E-state index in [1.807, 2.05) is 21.1 Å². The smallest absolute Gasteiger partial charge is 0.306 e. The van der Waals surface area contributed by atoms with Crippen molar-refractivity contribution in [2.24, 2.45) is 0 Å². The summed E-state index contributed by atoms with van der Waals surface area (Å²) in [5, 5.41) is 11.7. The second kappa shape index (κ2) is 47.7. The first-order valence-electron chi connectivity index (χ1n) is 25.0. The number of likely N-dealkylation sites (N-methyl/N-ethyl adjacent to an activating group) is 1. The number of rotatable bonds is 43. The number of allylic oxidation sites excluding steroid dienone is 24. The van der Waals surface area contributed by atoms with Crippen LogP contribution in [0.3, 0.4) is 0 Å². The number of esters is 2. The summed E-state index contributed by atoms with van der Waals surface area (Å²) < 4.78 is 22.5. The summed E-state index contributed by atoms with van der Waals surface area (Å²) in [7, 11) is 5.87. The molecule has 0 bridgehead atoms. The van der Waals surface area contributed by atoms with Crippen molar-refractivity contribution < 1.29 is 42.9 Å². The standard InChI is InChI=1S/C58H89NO8/c1-6-8-10-12-14-16-18-20-22-24-26-28-30-32-34-36-38-40-42-44-46-48-55(60)65-52-54(53-66-58(57(62)63)64-51-50-59(3,4)5)67-56(61)49-47-45-43-41-39-37-35-33-31-29-27-25-23-21-19-17-15-13-11-9-7-2/h8-11,14-17,20-23,26-29,32-35,38-41,54,58H,6-7,12-13,18-19,24-25,30-31,36-37,42-53H2,1-5H3/b10-8-,11-9-,16-14-,17-15-,22-20-,23-21-,28-26-,29-27-,34-32-,35-33-,40-38-,41-39-. The highest BCUT2D eigenvalue weighted by Crippen LogP contribution is 2.10. The molecule has 0 aromatic rings. The number of ether oxygens (including phenoxy) is 4. The molecule has 0 rings (SSSR count). The highest BCUT2D eigenvalue weighted by molar-refractivity contribution is 5.70. The van der Waals surface area contributed by atoms with Gasteiger partial charge in [-0.15, -0.1) is 0 Å². The predicted octanol–water partition coefficient (Wildman–Crippen LogP) is 12.8. The van der Waals surface area contributed by atoms with Gasteiger partial charge < -0.3 is 33.3 Å². The normalized spacial score (nSPS) is 14.1. The molecule has 0 aliphatic rings. The zero-order chi connectivity index (χ0) is 49.2. The second-order valence-corrected chi connectivity index (χ2v) is 17.0. The molecule has 0 radical (unpaired) electrons. The summed E-state index contributed by atoms with van der Waals surface area (Å²) in [6, 6.07) is 0. The molecular formula is C58H89NO8. The quantitative estimate of drug-likeness (QED) is 0.0195. The third kappa shape index (κ3) is 48.9. The minimum Gasteiger partial charge on any atom is -0.545 e. The Bertz CT molecular complexity index is 1600. The van der Waals surface area contributed by atoms with Gasteiger partial charge in [0.1, 0.15) is 13.2 Å². The number of nitrogens with zero attached hydrogens (tertiary/aromatic N) is 1. The van der Waals surface area contributed by atoms with E-state index in [0.29, 0.717) is 23.9 Å². The van der Waals surface area contributed by atoms with Crippen LogP contribution in [0.25, 0.3) is 0 Å². The van der Waals surface area contributed by atoms with Gasteiger partial charge in [-0.2, -0.15) is 0 Å². The molecule has 9 nitrogen and oxygen atoms in total. The Balaban J connectivity index is 4.58. The summed E-state index contributed by atoms with van der Waals surface area (Å²) in [5.74, 6) is -2.43. The summed E-state index contributed by atoms with van der Waals surface area (Å²) in [6.07, 6.45) is 66.0. The molecule has 0 saturated heterocycles. The van der Waals surface area contributed by atoms with Crippen LogP contribution in [-0.2, 0) is 33.3 Å². The first kappa shape index (κ1) is 62.2. The first-order chi connectivity index (χ1) is 32.6. The fourth-order valence-corrected chi connectivity index (χ4v) is 5.77. The average molecular weight is 928 g/mol. The Morgan fingerprint density at radius 1 is 0.448 bits per heavy atom. The van der Waals surface area contributed by atoms with Crippen LogP contribution in [-0.4, -0.2) is 82.3 Å². The lowest BCUT2D eigenvalue weighted by Gasteiger charge is -2.26. The van der Waals surface area contributed by atoms with Gasteiger partial charge in [-0.25, -0.2) is 0 Å². The second-order valence-electron chi connectivity index (χ2n) is 17.0.